The first-order chi connectivity index (χ1) is 9.58. The van der Waals surface area contributed by atoms with Crippen molar-refractivity contribution in [2.45, 2.75) is 6.42 Å². The molecule has 0 aromatic heterocycles. The van der Waals surface area contributed by atoms with Crippen LogP contribution in [0, 0.1) is 11.3 Å². The van der Waals surface area contributed by atoms with E-state index in [0.717, 1.165) is 5.56 Å². The van der Waals surface area contributed by atoms with Crippen LogP contribution < -0.4 is 5.32 Å². The number of halogens is 2. The number of hydrogen-bond acceptors (Lipinski definition) is 2. The average Bonchev–Trinajstić information content (AvgIpc) is 2.40. The Balaban J connectivity index is 2.13. The number of rotatable bonds is 3. The summed E-state index contributed by atoms with van der Waals surface area (Å²) in [4.78, 5) is 12.0. The van der Waals surface area contributed by atoms with E-state index in [2.05, 4.69) is 11.4 Å². The maximum absolute atomic E-state index is 12.0. The molecule has 0 saturated heterocycles. The van der Waals surface area contributed by atoms with Gasteiger partial charge in [0.1, 0.15) is 0 Å². The summed E-state index contributed by atoms with van der Waals surface area (Å²) in [6.07, 6.45) is 0.345. The Bertz CT molecular complexity index is 655. The summed E-state index contributed by atoms with van der Waals surface area (Å²) in [5.74, 6) is -0.289. The van der Waals surface area contributed by atoms with Crippen LogP contribution in [0.5, 0.6) is 0 Å². The molecule has 0 aliphatic carbocycles. The second-order valence-electron chi connectivity index (χ2n) is 4.14. The Kier molecular flexibility index (Phi) is 4.62. The molecule has 5 heteroatoms. The zero-order valence-electron chi connectivity index (χ0n) is 10.4. The summed E-state index contributed by atoms with van der Waals surface area (Å²) in [5, 5.41) is 12.2. The van der Waals surface area contributed by atoms with E-state index < -0.39 is 0 Å². The minimum atomic E-state index is -0.289. The predicted octanol–water partition coefficient (Wildman–Crippen LogP) is 4.31. The number of nitrogens with one attached hydrogen (secondary N) is 1. The molecule has 100 valence electrons. The summed E-state index contributed by atoms with van der Waals surface area (Å²) in [6.45, 7) is 0. The minimum absolute atomic E-state index is 0.289. The molecule has 0 spiro atoms. The van der Waals surface area contributed by atoms with Crippen molar-refractivity contribution in [1.82, 2.24) is 0 Å². The lowest BCUT2D eigenvalue weighted by Crippen LogP contribution is -2.11. The van der Waals surface area contributed by atoms with Gasteiger partial charge in [-0.05, 0) is 35.9 Å². The third-order valence-corrected chi connectivity index (χ3v) is 3.06. The van der Waals surface area contributed by atoms with Crippen molar-refractivity contribution in [3.63, 3.8) is 0 Å². The fraction of sp³-hybridized carbons (Fsp3) is 0.0667. The van der Waals surface area contributed by atoms with Crippen molar-refractivity contribution < 1.29 is 4.79 Å². The summed E-state index contributed by atoms with van der Waals surface area (Å²) >= 11 is 11.7. The third kappa shape index (κ3) is 3.74. The van der Waals surface area contributed by atoms with Gasteiger partial charge in [0.25, 0.3) is 5.91 Å². The van der Waals surface area contributed by atoms with Gasteiger partial charge in [-0.15, -0.1) is 0 Å². The van der Waals surface area contributed by atoms with Crippen LogP contribution in [0.3, 0.4) is 0 Å². The van der Waals surface area contributed by atoms with Crippen LogP contribution in [-0.4, -0.2) is 5.91 Å². The molecular formula is C15H10Cl2N2O. The fourth-order valence-corrected chi connectivity index (χ4v) is 2.21. The Morgan fingerprint density at radius 2 is 1.70 bits per heavy atom. The Labute approximate surface area is 126 Å². The SMILES string of the molecule is N#CCc1ccc(NC(=O)c2cc(Cl)cc(Cl)c2)cc1. The van der Waals surface area contributed by atoms with Gasteiger partial charge in [0.05, 0.1) is 12.5 Å². The molecule has 0 unspecified atom stereocenters. The Hall–Kier alpha value is -2.02. The van der Waals surface area contributed by atoms with Gasteiger partial charge in [0, 0.05) is 21.3 Å². The Morgan fingerprint density at radius 3 is 2.25 bits per heavy atom. The highest BCUT2D eigenvalue weighted by Crippen LogP contribution is 2.20. The molecule has 0 aliphatic rings. The van der Waals surface area contributed by atoms with Gasteiger partial charge < -0.3 is 5.32 Å². The first-order valence-corrected chi connectivity index (χ1v) is 6.57. The van der Waals surface area contributed by atoms with Crippen LogP contribution in [0.4, 0.5) is 5.69 Å². The van der Waals surface area contributed by atoms with Crippen LogP contribution in [0.25, 0.3) is 0 Å². The smallest absolute Gasteiger partial charge is 0.255 e. The van der Waals surface area contributed by atoms with Crippen molar-refractivity contribution in [1.29, 1.82) is 5.26 Å². The molecule has 0 saturated carbocycles. The number of nitriles is 1. The van der Waals surface area contributed by atoms with Crippen molar-refractivity contribution in [3.05, 3.63) is 63.6 Å². The summed E-state index contributed by atoms with van der Waals surface area (Å²) < 4.78 is 0. The number of amides is 1. The second kappa shape index (κ2) is 6.42. The van der Waals surface area contributed by atoms with E-state index in [4.69, 9.17) is 28.5 Å². The van der Waals surface area contributed by atoms with Crippen molar-refractivity contribution in [3.8, 4) is 6.07 Å². The van der Waals surface area contributed by atoms with Crippen molar-refractivity contribution >= 4 is 34.8 Å². The Morgan fingerprint density at radius 1 is 1.10 bits per heavy atom. The van der Waals surface area contributed by atoms with Crippen molar-refractivity contribution in [2.75, 3.05) is 5.32 Å². The van der Waals surface area contributed by atoms with Gasteiger partial charge in [-0.1, -0.05) is 35.3 Å². The van der Waals surface area contributed by atoms with Gasteiger partial charge in [-0.3, -0.25) is 4.79 Å². The van der Waals surface area contributed by atoms with Gasteiger partial charge in [-0.2, -0.15) is 5.26 Å². The minimum Gasteiger partial charge on any atom is -0.322 e. The number of hydrogen-bond donors (Lipinski definition) is 1. The number of nitrogens with zero attached hydrogens (tertiary/aromatic N) is 1. The molecular weight excluding hydrogens is 295 g/mol. The number of carbonyl (C=O) groups is 1. The summed E-state index contributed by atoms with van der Waals surface area (Å²) in [5.41, 5.74) is 1.94. The molecule has 1 amide bonds. The van der Waals surface area contributed by atoms with Gasteiger partial charge >= 0.3 is 0 Å². The van der Waals surface area contributed by atoms with E-state index in [0.29, 0.717) is 27.7 Å². The molecule has 1 N–H and O–H groups in total. The lowest BCUT2D eigenvalue weighted by molar-refractivity contribution is 0.102. The lowest BCUT2D eigenvalue weighted by Gasteiger charge is -2.06. The van der Waals surface area contributed by atoms with E-state index in [1.165, 1.54) is 0 Å². The first-order valence-electron chi connectivity index (χ1n) is 5.82. The number of anilines is 1. The third-order valence-electron chi connectivity index (χ3n) is 2.62. The van der Waals surface area contributed by atoms with E-state index >= 15 is 0 Å². The molecule has 0 radical (unpaired) electrons. The zero-order valence-corrected chi connectivity index (χ0v) is 11.9. The quantitative estimate of drug-likeness (QED) is 0.918. The molecule has 2 aromatic rings. The van der Waals surface area contributed by atoms with E-state index in [-0.39, 0.29) is 5.91 Å². The molecule has 0 bridgehead atoms. The normalized spacial score (nSPS) is 9.85. The molecule has 0 aliphatic heterocycles. The van der Waals surface area contributed by atoms with Gasteiger partial charge in [0.15, 0.2) is 0 Å². The summed E-state index contributed by atoms with van der Waals surface area (Å²) in [7, 11) is 0. The largest absolute Gasteiger partial charge is 0.322 e. The first kappa shape index (κ1) is 14.4. The standard InChI is InChI=1S/C15H10Cl2N2O/c16-12-7-11(8-13(17)9-12)15(20)19-14-3-1-10(2-4-14)5-6-18/h1-4,7-9H,5H2,(H,19,20). The molecule has 3 nitrogen and oxygen atoms in total. The fourth-order valence-electron chi connectivity index (χ4n) is 1.69. The highest BCUT2D eigenvalue weighted by Gasteiger charge is 2.08. The maximum atomic E-state index is 12.0. The topological polar surface area (TPSA) is 52.9 Å². The van der Waals surface area contributed by atoms with Crippen LogP contribution in [0.1, 0.15) is 15.9 Å². The predicted molar refractivity (Wildman–Crippen MR) is 80.2 cm³/mol. The molecule has 2 aromatic carbocycles. The average molecular weight is 305 g/mol. The van der Waals surface area contributed by atoms with E-state index in [1.807, 2.05) is 0 Å². The molecule has 2 rings (SSSR count). The molecule has 0 fully saturated rings. The van der Waals surface area contributed by atoms with Gasteiger partial charge in [0.2, 0.25) is 0 Å². The number of benzene rings is 2. The monoisotopic (exact) mass is 304 g/mol. The van der Waals surface area contributed by atoms with Crippen LogP contribution in [-0.2, 0) is 6.42 Å². The van der Waals surface area contributed by atoms with Crippen molar-refractivity contribution in [2.24, 2.45) is 0 Å². The van der Waals surface area contributed by atoms with E-state index in [1.54, 1.807) is 42.5 Å². The highest BCUT2D eigenvalue weighted by atomic mass is 35.5. The molecule has 0 atom stereocenters. The van der Waals surface area contributed by atoms with Crippen LogP contribution in [0.15, 0.2) is 42.5 Å². The van der Waals surface area contributed by atoms with Crippen LogP contribution in [0.2, 0.25) is 10.0 Å². The van der Waals surface area contributed by atoms with Gasteiger partial charge in [-0.25, -0.2) is 0 Å². The highest BCUT2D eigenvalue weighted by molar-refractivity contribution is 6.35. The summed E-state index contributed by atoms with van der Waals surface area (Å²) in [6, 6.07) is 13.8. The number of carbonyl (C=O) groups excluding carboxylic acids is 1. The second-order valence-corrected chi connectivity index (χ2v) is 5.02. The maximum Gasteiger partial charge on any atom is 0.255 e. The lowest BCUT2D eigenvalue weighted by atomic mass is 10.1. The van der Waals surface area contributed by atoms with E-state index in [9.17, 15) is 4.79 Å². The van der Waals surface area contributed by atoms with Crippen LogP contribution >= 0.6 is 23.2 Å². The zero-order chi connectivity index (χ0) is 14.5. The molecule has 0 heterocycles. The molecule has 20 heavy (non-hydrogen) atoms.